The van der Waals surface area contributed by atoms with Gasteiger partial charge in [0.15, 0.2) is 0 Å². The van der Waals surface area contributed by atoms with E-state index >= 15 is 0 Å². The molecule has 2 aromatic rings. The first kappa shape index (κ1) is 36.9. The van der Waals surface area contributed by atoms with E-state index in [1.807, 2.05) is 56.3 Å². The van der Waals surface area contributed by atoms with Crippen molar-refractivity contribution >= 4 is 29.7 Å². The Morgan fingerprint density at radius 3 is 2.68 bits per heavy atom. The van der Waals surface area contributed by atoms with E-state index in [0.29, 0.717) is 48.9 Å². The van der Waals surface area contributed by atoms with Gasteiger partial charge in [0.25, 0.3) is 0 Å². The molecule has 50 heavy (non-hydrogen) atoms. The monoisotopic (exact) mass is 685 g/mol. The van der Waals surface area contributed by atoms with E-state index in [1.54, 1.807) is 37.5 Å². The zero-order chi connectivity index (χ0) is 36.2. The predicted molar refractivity (Wildman–Crippen MR) is 194 cm³/mol. The number of esters is 1. The lowest BCUT2D eigenvalue weighted by Gasteiger charge is -2.61. The van der Waals surface area contributed by atoms with E-state index in [2.05, 4.69) is 39.4 Å². The summed E-state index contributed by atoms with van der Waals surface area (Å²) >= 11 is 0. The number of ether oxygens (including phenoxy) is 1. The van der Waals surface area contributed by atoms with Crippen molar-refractivity contribution in [1.29, 1.82) is 5.41 Å². The van der Waals surface area contributed by atoms with Gasteiger partial charge < -0.3 is 30.2 Å². The number of anilines is 1. The van der Waals surface area contributed by atoms with Gasteiger partial charge in [-0.2, -0.15) is 0 Å². The zero-order valence-electron chi connectivity index (χ0n) is 29.6. The third kappa shape index (κ3) is 7.83. The average Bonchev–Trinajstić information content (AvgIpc) is 3.72. The number of hydrogen-bond donors (Lipinski definition) is 7. The van der Waals surface area contributed by atoms with Crippen LogP contribution in [-0.2, 0) is 14.3 Å². The number of carbonyl (C=O) groups is 2. The number of H-pyrrole nitrogens is 1. The maximum Gasteiger partial charge on any atom is 0.343 e. The topological polar surface area (TPSA) is 176 Å². The number of nitrogens with zero attached hydrogens (tertiary/aromatic N) is 2. The van der Waals surface area contributed by atoms with E-state index in [9.17, 15) is 19.8 Å². The molecule has 12 nitrogen and oxygen atoms in total. The van der Waals surface area contributed by atoms with Gasteiger partial charge in [-0.05, 0) is 69.3 Å². The number of aromatic nitrogens is 2. The molecule has 1 aliphatic heterocycles. The molecule has 0 saturated heterocycles. The van der Waals surface area contributed by atoms with E-state index in [4.69, 9.17) is 10.1 Å². The number of amides is 1. The highest BCUT2D eigenvalue weighted by Crippen LogP contribution is 2.61. The molecule has 268 valence electrons. The number of carbonyl (C=O) groups excluding carboxylic acids is 2. The SMILES string of the molecule is C=C1C(NC(C)C(=O)Nc2ncc[nH]2)CC2[C@](C)(CC[C@@H](O)[C@@]2(C)CO)C1/C=C/C1=CC(=C\c2ccc(C(=N)NCCN(C)C)cc2)/OC1=O. The molecule has 0 radical (unpaired) electrons. The number of aromatic amines is 1. The minimum Gasteiger partial charge on any atom is -0.423 e. The molecule has 1 amide bonds. The number of hydrogen-bond acceptors (Lipinski definition) is 9. The Balaban J connectivity index is 1.35. The fourth-order valence-electron chi connectivity index (χ4n) is 7.76. The molecule has 2 saturated carbocycles. The second kappa shape index (κ2) is 15.3. The first-order valence-electron chi connectivity index (χ1n) is 17.2. The Bertz CT molecular complexity index is 1660. The molecule has 7 atom stereocenters. The Labute approximate surface area is 294 Å². The van der Waals surface area contributed by atoms with Crippen LogP contribution in [0, 0.1) is 28.1 Å². The second-order valence-corrected chi connectivity index (χ2v) is 14.6. The van der Waals surface area contributed by atoms with Crippen molar-refractivity contribution in [3.05, 3.63) is 89.5 Å². The normalized spacial score (nSPS) is 29.5. The second-order valence-electron chi connectivity index (χ2n) is 14.6. The Kier molecular flexibility index (Phi) is 11.3. The van der Waals surface area contributed by atoms with Crippen LogP contribution in [0.25, 0.3) is 6.08 Å². The van der Waals surface area contributed by atoms with E-state index in [1.165, 1.54) is 0 Å². The van der Waals surface area contributed by atoms with Crippen LogP contribution < -0.4 is 16.0 Å². The highest BCUT2D eigenvalue weighted by Gasteiger charge is 2.59. The lowest BCUT2D eigenvalue weighted by molar-refractivity contribution is -0.149. The summed E-state index contributed by atoms with van der Waals surface area (Å²) in [4.78, 5) is 35.0. The first-order valence-corrected chi connectivity index (χ1v) is 17.2. The third-order valence-electron chi connectivity index (χ3n) is 10.8. The number of rotatable bonds is 12. The maximum atomic E-state index is 13.0. The van der Waals surface area contributed by atoms with E-state index in [-0.39, 0.29) is 35.8 Å². The van der Waals surface area contributed by atoms with Crippen molar-refractivity contribution in [2.45, 2.75) is 58.2 Å². The number of cyclic esters (lactones) is 1. The summed E-state index contributed by atoms with van der Waals surface area (Å²) in [5.74, 6) is 0.0526. The molecule has 1 aromatic heterocycles. The Morgan fingerprint density at radius 1 is 1.28 bits per heavy atom. The van der Waals surface area contributed by atoms with Crippen LogP contribution in [0.3, 0.4) is 0 Å². The fourth-order valence-corrected chi connectivity index (χ4v) is 7.76. The molecular formula is C38H51N7O5. The molecule has 0 spiro atoms. The number of amidine groups is 1. The molecule has 2 heterocycles. The van der Waals surface area contributed by atoms with E-state index < -0.39 is 23.5 Å². The Hall–Kier alpha value is -4.36. The van der Waals surface area contributed by atoms with Gasteiger partial charge in [0.2, 0.25) is 11.9 Å². The molecule has 1 aromatic carbocycles. The van der Waals surface area contributed by atoms with Crippen molar-refractivity contribution in [3.63, 3.8) is 0 Å². The molecule has 4 unspecified atom stereocenters. The maximum absolute atomic E-state index is 13.0. The van der Waals surface area contributed by atoms with Crippen molar-refractivity contribution < 1.29 is 24.5 Å². The number of benzene rings is 1. The van der Waals surface area contributed by atoms with Crippen molar-refractivity contribution in [1.82, 2.24) is 25.5 Å². The minimum absolute atomic E-state index is 0.116. The molecule has 2 fully saturated rings. The van der Waals surface area contributed by atoms with Gasteiger partial charge in [-0.1, -0.05) is 62.4 Å². The summed E-state index contributed by atoms with van der Waals surface area (Å²) in [5.41, 5.74) is 1.73. The molecular weight excluding hydrogens is 634 g/mol. The first-order chi connectivity index (χ1) is 23.7. The molecule has 0 bridgehead atoms. The summed E-state index contributed by atoms with van der Waals surface area (Å²) < 4.78 is 5.60. The standard InChI is InChI=1S/C38H51N7O5/c1-23-29(12-11-27-20-28(50-35(27)49)19-25-7-9-26(10-8-25)33(39)40-17-18-45(5)6)37(3)14-13-32(47)38(4,22-46)31(37)21-30(23)43-24(2)34(48)44-36-41-15-16-42-36/h7-12,15-16,19-20,24,29-32,43,46-47H,1,13-14,17-18,21-22H2,2-6H3,(H2,39,40)(H2,41,42,44,48)/b12-11+,28-19+/t24?,29?,30?,31?,32-,37-,38+/m1/s1. The van der Waals surface area contributed by atoms with Crippen LogP contribution in [0.2, 0.25) is 0 Å². The minimum atomic E-state index is -0.767. The number of fused-ring (bicyclic) bond motifs is 1. The lowest BCUT2D eigenvalue weighted by atomic mass is 9.45. The highest BCUT2D eigenvalue weighted by atomic mass is 16.5. The number of imidazole rings is 1. The van der Waals surface area contributed by atoms with Crippen molar-refractivity contribution in [2.24, 2.45) is 22.7 Å². The van der Waals surface area contributed by atoms with Gasteiger partial charge >= 0.3 is 5.97 Å². The van der Waals surface area contributed by atoms with Gasteiger partial charge in [-0.15, -0.1) is 0 Å². The molecule has 2 aliphatic carbocycles. The average molecular weight is 686 g/mol. The van der Waals surface area contributed by atoms with Crippen LogP contribution in [0.1, 0.15) is 51.2 Å². The number of allylic oxidation sites excluding steroid dienone is 2. The molecule has 12 heteroatoms. The molecule has 7 N–H and O–H groups in total. The summed E-state index contributed by atoms with van der Waals surface area (Å²) in [7, 11) is 3.97. The summed E-state index contributed by atoms with van der Waals surface area (Å²) in [6.45, 7) is 11.7. The summed E-state index contributed by atoms with van der Waals surface area (Å²) in [5, 5.41) is 39.4. The van der Waals surface area contributed by atoms with Crippen LogP contribution in [-0.4, -0.2) is 94.8 Å². The van der Waals surface area contributed by atoms with Gasteiger partial charge in [0.05, 0.1) is 24.3 Å². The van der Waals surface area contributed by atoms with Crippen molar-refractivity contribution in [3.8, 4) is 0 Å². The van der Waals surface area contributed by atoms with Gasteiger partial charge in [0.1, 0.15) is 11.6 Å². The van der Waals surface area contributed by atoms with E-state index in [0.717, 1.165) is 23.2 Å². The highest BCUT2D eigenvalue weighted by molar-refractivity contribution is 5.97. The fraction of sp³-hybridized carbons (Fsp3) is 0.474. The number of aliphatic hydroxyl groups excluding tert-OH is 2. The Morgan fingerprint density at radius 2 is 2.02 bits per heavy atom. The molecule has 5 rings (SSSR count). The van der Waals surface area contributed by atoms with Crippen LogP contribution >= 0.6 is 0 Å². The molecule has 3 aliphatic rings. The lowest BCUT2D eigenvalue weighted by Crippen LogP contribution is -2.61. The van der Waals surface area contributed by atoms with Gasteiger partial charge in [0, 0.05) is 48.4 Å². The number of aliphatic hydroxyl groups is 2. The largest absolute Gasteiger partial charge is 0.423 e. The predicted octanol–water partition coefficient (Wildman–Crippen LogP) is 3.60. The smallest absolute Gasteiger partial charge is 0.343 e. The van der Waals surface area contributed by atoms with Crippen molar-refractivity contribution in [2.75, 3.05) is 39.1 Å². The van der Waals surface area contributed by atoms with Crippen LogP contribution in [0.5, 0.6) is 0 Å². The summed E-state index contributed by atoms with van der Waals surface area (Å²) in [6, 6.07) is 6.58. The van der Waals surface area contributed by atoms with Crippen LogP contribution in [0.15, 0.2) is 78.4 Å². The van der Waals surface area contributed by atoms with Gasteiger partial charge in [-0.25, -0.2) is 9.78 Å². The quantitative estimate of drug-likeness (QED) is 0.0762. The zero-order valence-corrected chi connectivity index (χ0v) is 29.6. The number of nitrogens with one attached hydrogen (secondary N) is 5. The van der Waals surface area contributed by atoms with Crippen LogP contribution in [0.4, 0.5) is 5.95 Å². The van der Waals surface area contributed by atoms with Gasteiger partial charge in [-0.3, -0.25) is 20.8 Å². The summed E-state index contributed by atoms with van der Waals surface area (Å²) in [6.07, 6.45) is 11.6. The third-order valence-corrected chi connectivity index (χ3v) is 10.8. The number of likely N-dealkylation sites (N-methyl/N-ethyl adjacent to an activating group) is 1.